The van der Waals surface area contributed by atoms with E-state index in [1.807, 2.05) is 31.2 Å². The van der Waals surface area contributed by atoms with Crippen LogP contribution < -0.4 is 5.32 Å². The molecule has 0 spiro atoms. The first-order valence-electron chi connectivity index (χ1n) is 7.27. The zero-order valence-electron chi connectivity index (χ0n) is 12.0. The van der Waals surface area contributed by atoms with Crippen LogP contribution in [-0.2, 0) is 9.59 Å². The number of nitrogens with one attached hydrogen (secondary N) is 1. The Morgan fingerprint density at radius 1 is 1.29 bits per heavy atom. The Balaban J connectivity index is 2.04. The van der Waals surface area contributed by atoms with Gasteiger partial charge in [0.2, 0.25) is 5.91 Å². The molecule has 0 heterocycles. The minimum absolute atomic E-state index is 0.133. The number of benzene rings is 1. The molecule has 0 saturated heterocycles. The summed E-state index contributed by atoms with van der Waals surface area (Å²) in [5.74, 6) is -1.96. The quantitative estimate of drug-likeness (QED) is 0.870. The number of hydrogen-bond donors (Lipinski definition) is 2. The number of carbonyl (C=O) groups is 2. The van der Waals surface area contributed by atoms with Gasteiger partial charge in [-0.05, 0) is 37.5 Å². The van der Waals surface area contributed by atoms with Gasteiger partial charge in [-0.25, -0.2) is 0 Å². The first kappa shape index (κ1) is 16.0. The van der Waals surface area contributed by atoms with Crippen molar-refractivity contribution in [1.29, 1.82) is 0 Å². The first-order valence-corrected chi connectivity index (χ1v) is 8.07. The molecule has 3 atom stereocenters. The average Bonchev–Trinajstić information content (AvgIpc) is 2.47. The van der Waals surface area contributed by atoms with E-state index in [1.54, 1.807) is 0 Å². The van der Waals surface area contributed by atoms with Gasteiger partial charge in [-0.1, -0.05) is 40.9 Å². The van der Waals surface area contributed by atoms with Gasteiger partial charge in [0, 0.05) is 4.47 Å². The Hall–Kier alpha value is -1.36. The van der Waals surface area contributed by atoms with Gasteiger partial charge >= 0.3 is 5.97 Å². The Bertz CT molecular complexity index is 532. The highest BCUT2D eigenvalue weighted by atomic mass is 79.9. The van der Waals surface area contributed by atoms with Crippen LogP contribution in [0.3, 0.4) is 0 Å². The lowest BCUT2D eigenvalue weighted by Crippen LogP contribution is -2.40. The molecule has 2 N–H and O–H groups in total. The molecule has 114 valence electrons. The van der Waals surface area contributed by atoms with E-state index in [-0.39, 0.29) is 11.9 Å². The number of amides is 1. The normalized spacial score (nSPS) is 23.3. The molecular weight excluding hydrogens is 334 g/mol. The molecule has 4 nitrogen and oxygen atoms in total. The van der Waals surface area contributed by atoms with E-state index in [0.29, 0.717) is 12.8 Å². The number of carboxylic acids is 1. The van der Waals surface area contributed by atoms with Crippen molar-refractivity contribution in [2.45, 2.75) is 38.6 Å². The Morgan fingerprint density at radius 2 is 1.95 bits per heavy atom. The van der Waals surface area contributed by atoms with Gasteiger partial charge in [0.05, 0.1) is 17.9 Å². The third-order valence-corrected chi connectivity index (χ3v) is 4.62. The highest BCUT2D eigenvalue weighted by molar-refractivity contribution is 9.10. The number of halogens is 1. The van der Waals surface area contributed by atoms with Gasteiger partial charge in [0.25, 0.3) is 0 Å². The number of hydrogen-bond acceptors (Lipinski definition) is 2. The predicted octanol–water partition coefficient (Wildman–Crippen LogP) is 3.52. The molecule has 21 heavy (non-hydrogen) atoms. The minimum Gasteiger partial charge on any atom is -0.481 e. The summed E-state index contributed by atoms with van der Waals surface area (Å²) < 4.78 is 0.960. The van der Waals surface area contributed by atoms with E-state index in [0.717, 1.165) is 22.9 Å². The van der Waals surface area contributed by atoms with Crippen molar-refractivity contribution in [3.63, 3.8) is 0 Å². The fourth-order valence-corrected chi connectivity index (χ4v) is 3.34. The second-order valence-electron chi connectivity index (χ2n) is 5.62. The van der Waals surface area contributed by atoms with E-state index in [4.69, 9.17) is 0 Å². The fourth-order valence-electron chi connectivity index (χ4n) is 2.92. The van der Waals surface area contributed by atoms with E-state index in [1.165, 1.54) is 0 Å². The summed E-state index contributed by atoms with van der Waals surface area (Å²) in [6.07, 6.45) is 3.07. The van der Waals surface area contributed by atoms with Crippen molar-refractivity contribution in [1.82, 2.24) is 5.32 Å². The molecule has 2 rings (SSSR count). The van der Waals surface area contributed by atoms with Crippen LogP contribution in [0.2, 0.25) is 0 Å². The highest BCUT2D eigenvalue weighted by Gasteiger charge is 2.36. The van der Waals surface area contributed by atoms with E-state index in [2.05, 4.69) is 21.2 Å². The van der Waals surface area contributed by atoms with Gasteiger partial charge in [-0.3, -0.25) is 9.59 Å². The van der Waals surface area contributed by atoms with Crippen LogP contribution in [0.25, 0.3) is 0 Å². The maximum Gasteiger partial charge on any atom is 0.307 e. The Labute approximate surface area is 133 Å². The maximum absolute atomic E-state index is 12.4. The summed E-state index contributed by atoms with van der Waals surface area (Å²) in [5, 5.41) is 12.2. The van der Waals surface area contributed by atoms with E-state index in [9.17, 15) is 14.7 Å². The third-order valence-electron chi connectivity index (χ3n) is 4.13. The average molecular weight is 354 g/mol. The molecule has 0 bridgehead atoms. The second-order valence-corrected chi connectivity index (χ2v) is 6.54. The van der Waals surface area contributed by atoms with E-state index < -0.39 is 17.8 Å². The largest absolute Gasteiger partial charge is 0.481 e. The lowest BCUT2D eigenvalue weighted by Gasteiger charge is -2.28. The number of rotatable bonds is 4. The van der Waals surface area contributed by atoms with Crippen LogP contribution in [0.15, 0.2) is 28.7 Å². The molecule has 1 fully saturated rings. The van der Waals surface area contributed by atoms with Crippen LogP contribution in [0.1, 0.15) is 44.2 Å². The molecule has 5 heteroatoms. The molecule has 0 aromatic heterocycles. The zero-order valence-corrected chi connectivity index (χ0v) is 13.6. The van der Waals surface area contributed by atoms with Crippen molar-refractivity contribution in [2.24, 2.45) is 11.8 Å². The van der Waals surface area contributed by atoms with Crippen LogP contribution in [0.5, 0.6) is 0 Å². The van der Waals surface area contributed by atoms with Crippen molar-refractivity contribution in [3.05, 3.63) is 34.3 Å². The van der Waals surface area contributed by atoms with Crippen LogP contribution in [-0.4, -0.2) is 17.0 Å². The van der Waals surface area contributed by atoms with Gasteiger partial charge in [-0.15, -0.1) is 0 Å². The molecule has 1 aliphatic rings. The highest BCUT2D eigenvalue weighted by Crippen LogP contribution is 2.31. The molecule has 3 unspecified atom stereocenters. The molecule has 1 aromatic carbocycles. The van der Waals surface area contributed by atoms with Crippen molar-refractivity contribution >= 4 is 27.8 Å². The molecule has 1 amide bonds. The molecular formula is C16H20BrNO3. The van der Waals surface area contributed by atoms with Gasteiger partial charge in [-0.2, -0.15) is 0 Å². The van der Waals surface area contributed by atoms with Gasteiger partial charge in [0.15, 0.2) is 0 Å². The van der Waals surface area contributed by atoms with Crippen LogP contribution >= 0.6 is 15.9 Å². The maximum atomic E-state index is 12.4. The number of aliphatic carboxylic acids is 1. The standard InChI is InChI=1S/C16H20BrNO3/c1-10(11-5-4-6-12(17)9-11)18-15(19)13-7-2-3-8-14(13)16(20)21/h4-6,9-10,13-14H,2-3,7-8H2,1H3,(H,18,19)(H,20,21). The molecule has 1 aromatic rings. The Kier molecular flexibility index (Phi) is 5.39. The minimum atomic E-state index is -0.857. The first-order chi connectivity index (χ1) is 9.99. The number of carbonyl (C=O) groups excluding carboxylic acids is 1. The summed E-state index contributed by atoms with van der Waals surface area (Å²) in [5.41, 5.74) is 1.00. The van der Waals surface area contributed by atoms with Gasteiger partial charge < -0.3 is 10.4 Å². The van der Waals surface area contributed by atoms with Crippen molar-refractivity contribution in [3.8, 4) is 0 Å². The second kappa shape index (κ2) is 7.07. The summed E-state index contributed by atoms with van der Waals surface area (Å²) in [7, 11) is 0. The van der Waals surface area contributed by atoms with Crippen molar-refractivity contribution in [2.75, 3.05) is 0 Å². The number of carboxylic acid groups (broad SMARTS) is 1. The van der Waals surface area contributed by atoms with Crippen molar-refractivity contribution < 1.29 is 14.7 Å². The molecule has 0 aliphatic heterocycles. The summed E-state index contributed by atoms with van der Waals surface area (Å²) in [6, 6.07) is 7.63. The molecule has 1 saturated carbocycles. The smallest absolute Gasteiger partial charge is 0.307 e. The summed E-state index contributed by atoms with van der Waals surface area (Å²) in [6.45, 7) is 1.91. The summed E-state index contributed by atoms with van der Waals surface area (Å²) >= 11 is 3.41. The fraction of sp³-hybridized carbons (Fsp3) is 0.500. The molecule has 0 radical (unpaired) electrons. The van der Waals surface area contributed by atoms with E-state index >= 15 is 0 Å². The zero-order chi connectivity index (χ0) is 15.4. The lowest BCUT2D eigenvalue weighted by atomic mass is 9.78. The Morgan fingerprint density at radius 3 is 2.57 bits per heavy atom. The topological polar surface area (TPSA) is 66.4 Å². The third kappa shape index (κ3) is 4.06. The monoisotopic (exact) mass is 353 g/mol. The van der Waals surface area contributed by atoms with Crippen LogP contribution in [0, 0.1) is 11.8 Å². The summed E-state index contributed by atoms with van der Waals surface area (Å²) in [4.78, 5) is 23.7. The van der Waals surface area contributed by atoms with Gasteiger partial charge in [0.1, 0.15) is 0 Å². The molecule has 1 aliphatic carbocycles. The van der Waals surface area contributed by atoms with Crippen LogP contribution in [0.4, 0.5) is 0 Å². The lowest BCUT2D eigenvalue weighted by molar-refractivity contribution is -0.149. The SMILES string of the molecule is CC(NC(=O)C1CCCCC1C(=O)O)c1cccc(Br)c1. The predicted molar refractivity (Wildman–Crippen MR) is 83.8 cm³/mol.